The summed E-state index contributed by atoms with van der Waals surface area (Å²) in [5.74, 6) is 1.47. The van der Waals surface area contributed by atoms with Crippen LogP contribution in [0.25, 0.3) is 11.5 Å². The summed E-state index contributed by atoms with van der Waals surface area (Å²) in [5, 5.41) is 8.34. The van der Waals surface area contributed by atoms with Gasteiger partial charge in [-0.25, -0.2) is 0 Å². The molecule has 3 aromatic rings. The van der Waals surface area contributed by atoms with Gasteiger partial charge in [0.25, 0.3) is 5.22 Å². The molecule has 5 nitrogen and oxygen atoms in total. The number of carbonyl (C=O) groups excluding carboxylic acids is 1. The molecule has 1 heterocycles. The quantitative estimate of drug-likeness (QED) is 0.508. The molecule has 0 aliphatic rings. The lowest BCUT2D eigenvalue weighted by Gasteiger charge is -1.99. The van der Waals surface area contributed by atoms with Gasteiger partial charge in [-0.3, -0.25) is 4.79 Å². The molecular formula is C17H14N2O3S. The normalized spacial score (nSPS) is 10.5. The van der Waals surface area contributed by atoms with E-state index in [9.17, 15) is 4.79 Å². The molecule has 0 spiro atoms. The van der Waals surface area contributed by atoms with Crippen molar-refractivity contribution in [3.05, 3.63) is 60.2 Å². The van der Waals surface area contributed by atoms with Gasteiger partial charge in [-0.2, -0.15) is 0 Å². The Bertz CT molecular complexity index is 785. The van der Waals surface area contributed by atoms with Gasteiger partial charge < -0.3 is 9.15 Å². The fourth-order valence-electron chi connectivity index (χ4n) is 1.95. The summed E-state index contributed by atoms with van der Waals surface area (Å²) in [7, 11) is 1.61. The van der Waals surface area contributed by atoms with Crippen LogP contribution in [0.4, 0.5) is 0 Å². The molecule has 0 aliphatic carbocycles. The molecule has 0 saturated carbocycles. The summed E-state index contributed by atoms with van der Waals surface area (Å²) >= 11 is 1.23. The maximum Gasteiger partial charge on any atom is 0.277 e. The number of carbonyl (C=O) groups is 1. The Labute approximate surface area is 137 Å². The Hall–Kier alpha value is -2.60. The summed E-state index contributed by atoms with van der Waals surface area (Å²) in [6.07, 6.45) is 0. The first kappa shape index (κ1) is 15.3. The third-order valence-electron chi connectivity index (χ3n) is 3.17. The number of nitrogens with zero attached hydrogens (tertiary/aromatic N) is 2. The number of aromatic nitrogens is 2. The van der Waals surface area contributed by atoms with Crippen molar-refractivity contribution in [1.29, 1.82) is 0 Å². The van der Waals surface area contributed by atoms with E-state index in [4.69, 9.17) is 9.15 Å². The summed E-state index contributed by atoms with van der Waals surface area (Å²) < 4.78 is 10.7. The molecule has 116 valence electrons. The Balaban J connectivity index is 1.64. The molecule has 0 bridgehead atoms. The number of thioether (sulfide) groups is 1. The van der Waals surface area contributed by atoms with Crippen LogP contribution in [0.1, 0.15) is 10.4 Å². The molecule has 6 heteroatoms. The molecule has 1 aromatic heterocycles. The SMILES string of the molecule is COc1ccc(-c2nnc(SCC(=O)c3ccccc3)o2)cc1. The molecular weight excluding hydrogens is 312 g/mol. The fourth-order valence-corrected chi connectivity index (χ4v) is 2.61. The molecule has 3 rings (SSSR count). The first-order valence-corrected chi connectivity index (χ1v) is 7.94. The van der Waals surface area contributed by atoms with Gasteiger partial charge in [0, 0.05) is 11.1 Å². The van der Waals surface area contributed by atoms with E-state index in [-0.39, 0.29) is 11.5 Å². The van der Waals surface area contributed by atoms with E-state index in [1.54, 1.807) is 19.2 Å². The molecule has 0 unspecified atom stereocenters. The van der Waals surface area contributed by atoms with Crippen molar-refractivity contribution in [3.63, 3.8) is 0 Å². The van der Waals surface area contributed by atoms with Crippen LogP contribution in [0.2, 0.25) is 0 Å². The monoisotopic (exact) mass is 326 g/mol. The molecule has 0 aliphatic heterocycles. The highest BCUT2D eigenvalue weighted by Crippen LogP contribution is 2.25. The smallest absolute Gasteiger partial charge is 0.277 e. The number of hydrogen-bond acceptors (Lipinski definition) is 6. The Morgan fingerprint density at radius 2 is 1.83 bits per heavy atom. The van der Waals surface area contributed by atoms with Crippen LogP contribution in [0.15, 0.2) is 64.2 Å². The second-order valence-corrected chi connectivity index (χ2v) is 5.61. The molecule has 0 fully saturated rings. The van der Waals surface area contributed by atoms with E-state index in [0.29, 0.717) is 16.7 Å². The predicted molar refractivity (Wildman–Crippen MR) is 87.8 cm³/mol. The van der Waals surface area contributed by atoms with Gasteiger partial charge in [0.05, 0.1) is 12.9 Å². The van der Waals surface area contributed by atoms with Crippen molar-refractivity contribution in [2.45, 2.75) is 5.22 Å². The van der Waals surface area contributed by atoms with E-state index in [2.05, 4.69) is 10.2 Å². The first-order valence-electron chi connectivity index (χ1n) is 6.95. The lowest BCUT2D eigenvalue weighted by molar-refractivity contribution is 0.102. The molecule has 2 aromatic carbocycles. The Morgan fingerprint density at radius 3 is 2.52 bits per heavy atom. The van der Waals surface area contributed by atoms with Crippen molar-refractivity contribution >= 4 is 17.5 Å². The average molecular weight is 326 g/mol. The highest BCUT2D eigenvalue weighted by Gasteiger charge is 2.12. The molecule has 0 atom stereocenters. The number of hydrogen-bond donors (Lipinski definition) is 0. The van der Waals surface area contributed by atoms with Crippen molar-refractivity contribution in [2.24, 2.45) is 0 Å². The van der Waals surface area contributed by atoms with Gasteiger partial charge in [0.2, 0.25) is 5.89 Å². The van der Waals surface area contributed by atoms with E-state index < -0.39 is 0 Å². The summed E-state index contributed by atoms with van der Waals surface area (Å²) in [6, 6.07) is 16.5. The lowest BCUT2D eigenvalue weighted by atomic mass is 10.2. The third kappa shape index (κ3) is 3.78. The Kier molecular flexibility index (Phi) is 4.73. The first-order chi connectivity index (χ1) is 11.3. The minimum Gasteiger partial charge on any atom is -0.497 e. The maximum absolute atomic E-state index is 12.0. The highest BCUT2D eigenvalue weighted by molar-refractivity contribution is 7.99. The van der Waals surface area contributed by atoms with Crippen molar-refractivity contribution in [3.8, 4) is 17.2 Å². The van der Waals surface area contributed by atoms with Gasteiger partial charge in [-0.1, -0.05) is 42.1 Å². The topological polar surface area (TPSA) is 65.2 Å². The van der Waals surface area contributed by atoms with Crippen molar-refractivity contribution in [1.82, 2.24) is 10.2 Å². The zero-order chi connectivity index (χ0) is 16.1. The lowest BCUT2D eigenvalue weighted by Crippen LogP contribution is -2.01. The number of methoxy groups -OCH3 is 1. The predicted octanol–water partition coefficient (Wildman–Crippen LogP) is 3.72. The van der Waals surface area contributed by atoms with Crippen LogP contribution in [-0.4, -0.2) is 28.8 Å². The van der Waals surface area contributed by atoms with Gasteiger partial charge in [0.1, 0.15) is 5.75 Å². The zero-order valence-electron chi connectivity index (χ0n) is 12.4. The number of ketones is 1. The molecule has 0 saturated heterocycles. The standard InChI is InChI=1S/C17H14N2O3S/c1-21-14-9-7-13(8-10-14)16-18-19-17(22-16)23-11-15(20)12-5-3-2-4-6-12/h2-10H,11H2,1H3. The second kappa shape index (κ2) is 7.11. The summed E-state index contributed by atoms with van der Waals surface area (Å²) in [5.41, 5.74) is 1.48. The van der Waals surface area contributed by atoms with Gasteiger partial charge in [0.15, 0.2) is 5.78 Å². The minimum absolute atomic E-state index is 0.0276. The van der Waals surface area contributed by atoms with Crippen LogP contribution >= 0.6 is 11.8 Å². The number of Topliss-reactive ketones (excluding diaryl/α,β-unsaturated/α-hetero) is 1. The zero-order valence-corrected chi connectivity index (χ0v) is 13.2. The highest BCUT2D eigenvalue weighted by atomic mass is 32.2. The largest absolute Gasteiger partial charge is 0.497 e. The number of rotatable bonds is 6. The van der Waals surface area contributed by atoms with E-state index in [0.717, 1.165) is 11.3 Å². The summed E-state index contributed by atoms with van der Waals surface area (Å²) in [6.45, 7) is 0. The number of ether oxygens (including phenoxy) is 1. The fraction of sp³-hybridized carbons (Fsp3) is 0.118. The van der Waals surface area contributed by atoms with Gasteiger partial charge in [-0.05, 0) is 24.3 Å². The van der Waals surface area contributed by atoms with E-state index in [1.807, 2.05) is 42.5 Å². The van der Waals surface area contributed by atoms with Crippen molar-refractivity contribution in [2.75, 3.05) is 12.9 Å². The van der Waals surface area contributed by atoms with Gasteiger partial charge >= 0.3 is 0 Å². The molecule has 0 amide bonds. The van der Waals surface area contributed by atoms with Crippen LogP contribution in [0, 0.1) is 0 Å². The molecule has 23 heavy (non-hydrogen) atoms. The molecule has 0 N–H and O–H groups in total. The van der Waals surface area contributed by atoms with E-state index >= 15 is 0 Å². The van der Waals surface area contributed by atoms with Crippen LogP contribution in [0.5, 0.6) is 5.75 Å². The van der Waals surface area contributed by atoms with Crippen LogP contribution in [-0.2, 0) is 0 Å². The average Bonchev–Trinajstić information content (AvgIpc) is 3.09. The third-order valence-corrected chi connectivity index (χ3v) is 3.98. The Morgan fingerprint density at radius 1 is 1.09 bits per heavy atom. The molecule has 0 radical (unpaired) electrons. The second-order valence-electron chi connectivity index (χ2n) is 4.68. The van der Waals surface area contributed by atoms with E-state index in [1.165, 1.54) is 11.8 Å². The van der Waals surface area contributed by atoms with Crippen LogP contribution in [0.3, 0.4) is 0 Å². The maximum atomic E-state index is 12.0. The minimum atomic E-state index is 0.0276. The summed E-state index contributed by atoms with van der Waals surface area (Å²) in [4.78, 5) is 12.0. The van der Waals surface area contributed by atoms with Gasteiger partial charge in [-0.15, -0.1) is 10.2 Å². The van der Waals surface area contributed by atoms with Crippen molar-refractivity contribution < 1.29 is 13.9 Å². The number of benzene rings is 2. The van der Waals surface area contributed by atoms with Crippen LogP contribution < -0.4 is 4.74 Å².